The van der Waals surface area contributed by atoms with Crippen LogP contribution in [0.3, 0.4) is 0 Å². The summed E-state index contributed by atoms with van der Waals surface area (Å²) >= 11 is 0. The molecule has 5 heteroatoms. The maximum atomic E-state index is 5.42. The molecule has 0 aliphatic rings. The van der Waals surface area contributed by atoms with Crippen molar-refractivity contribution in [3.63, 3.8) is 0 Å². The van der Waals surface area contributed by atoms with Gasteiger partial charge >= 0.3 is 0 Å². The Morgan fingerprint density at radius 2 is 1.36 bits per heavy atom. The van der Waals surface area contributed by atoms with Crippen molar-refractivity contribution in [1.82, 2.24) is 4.90 Å². The molecule has 0 aliphatic heterocycles. The maximum Gasteiger partial charge on any atom is 0.203 e. The van der Waals surface area contributed by atoms with Gasteiger partial charge in [-0.25, -0.2) is 0 Å². The van der Waals surface area contributed by atoms with Gasteiger partial charge in [0.1, 0.15) is 5.75 Å². The number of nitrogens with zero attached hydrogens (tertiary/aromatic N) is 1. The third kappa shape index (κ3) is 5.03. The number of hydrogen-bond acceptors (Lipinski definition) is 5. The summed E-state index contributed by atoms with van der Waals surface area (Å²) in [5.74, 6) is 2.87. The first kappa shape index (κ1) is 18.9. The quantitative estimate of drug-likeness (QED) is 0.697. The third-order valence-electron chi connectivity index (χ3n) is 4.12. The molecule has 0 unspecified atom stereocenters. The minimum atomic E-state index is 0.620. The number of likely N-dealkylation sites (N-methyl/N-ethyl adjacent to an activating group) is 1. The monoisotopic (exact) mass is 345 g/mol. The second kappa shape index (κ2) is 9.18. The molecule has 0 bridgehead atoms. The number of rotatable bonds is 9. The van der Waals surface area contributed by atoms with Crippen LogP contribution in [0.25, 0.3) is 0 Å². The first-order chi connectivity index (χ1) is 12.1. The minimum absolute atomic E-state index is 0.620. The number of methoxy groups -OCH3 is 4. The largest absolute Gasteiger partial charge is 0.497 e. The smallest absolute Gasteiger partial charge is 0.203 e. The molecule has 0 N–H and O–H groups in total. The van der Waals surface area contributed by atoms with Crippen molar-refractivity contribution in [2.75, 3.05) is 42.0 Å². The molecule has 2 rings (SSSR count). The lowest BCUT2D eigenvalue weighted by Gasteiger charge is -2.19. The molecule has 2 aromatic rings. The Hall–Kier alpha value is -2.40. The fourth-order valence-electron chi connectivity index (χ4n) is 2.73. The van der Waals surface area contributed by atoms with E-state index in [1.165, 1.54) is 5.56 Å². The predicted molar refractivity (Wildman–Crippen MR) is 99.1 cm³/mol. The summed E-state index contributed by atoms with van der Waals surface area (Å²) in [5.41, 5.74) is 2.41. The SMILES string of the molecule is COc1ccc(CCN(C)Cc2cc(OC)c(OC)c(OC)c2)cc1. The fourth-order valence-corrected chi connectivity index (χ4v) is 2.73. The van der Waals surface area contributed by atoms with Gasteiger partial charge in [0.2, 0.25) is 5.75 Å². The molecule has 25 heavy (non-hydrogen) atoms. The van der Waals surface area contributed by atoms with Crippen LogP contribution in [-0.4, -0.2) is 46.9 Å². The van der Waals surface area contributed by atoms with E-state index in [4.69, 9.17) is 18.9 Å². The van der Waals surface area contributed by atoms with E-state index in [1.807, 2.05) is 24.3 Å². The number of hydrogen-bond donors (Lipinski definition) is 0. The highest BCUT2D eigenvalue weighted by Crippen LogP contribution is 2.38. The molecule has 0 atom stereocenters. The topological polar surface area (TPSA) is 40.2 Å². The van der Waals surface area contributed by atoms with Crippen LogP contribution in [0.4, 0.5) is 0 Å². The summed E-state index contributed by atoms with van der Waals surface area (Å²) in [6.45, 7) is 1.75. The van der Waals surface area contributed by atoms with Crippen molar-refractivity contribution in [3.8, 4) is 23.0 Å². The first-order valence-electron chi connectivity index (χ1n) is 8.21. The summed E-state index contributed by atoms with van der Waals surface area (Å²) in [6, 6.07) is 12.2. The van der Waals surface area contributed by atoms with E-state index < -0.39 is 0 Å². The van der Waals surface area contributed by atoms with E-state index in [0.717, 1.165) is 30.8 Å². The Morgan fingerprint density at radius 1 is 0.760 bits per heavy atom. The summed E-state index contributed by atoms with van der Waals surface area (Å²) in [7, 11) is 8.66. The molecule has 0 amide bonds. The third-order valence-corrected chi connectivity index (χ3v) is 4.12. The van der Waals surface area contributed by atoms with Gasteiger partial charge in [-0.1, -0.05) is 12.1 Å². The second-order valence-electron chi connectivity index (χ2n) is 5.87. The van der Waals surface area contributed by atoms with E-state index in [1.54, 1.807) is 28.4 Å². The highest BCUT2D eigenvalue weighted by atomic mass is 16.5. The van der Waals surface area contributed by atoms with E-state index in [9.17, 15) is 0 Å². The van der Waals surface area contributed by atoms with Gasteiger partial charge in [0.05, 0.1) is 28.4 Å². The zero-order valence-electron chi connectivity index (χ0n) is 15.7. The van der Waals surface area contributed by atoms with Crippen LogP contribution in [0.1, 0.15) is 11.1 Å². The molecule has 0 radical (unpaired) electrons. The van der Waals surface area contributed by atoms with Crippen LogP contribution in [0.15, 0.2) is 36.4 Å². The maximum absolute atomic E-state index is 5.42. The van der Waals surface area contributed by atoms with Crippen LogP contribution < -0.4 is 18.9 Å². The summed E-state index contributed by atoms with van der Waals surface area (Å²) in [6.07, 6.45) is 0.977. The average Bonchev–Trinajstić information content (AvgIpc) is 2.65. The van der Waals surface area contributed by atoms with E-state index in [2.05, 4.69) is 24.1 Å². The molecule has 0 spiro atoms. The summed E-state index contributed by atoms with van der Waals surface area (Å²) < 4.78 is 21.4. The van der Waals surface area contributed by atoms with Gasteiger partial charge in [-0.3, -0.25) is 0 Å². The Balaban J connectivity index is 2.00. The van der Waals surface area contributed by atoms with E-state index in [-0.39, 0.29) is 0 Å². The highest BCUT2D eigenvalue weighted by molar-refractivity contribution is 5.53. The Bertz CT molecular complexity index is 645. The molecule has 0 aliphatic carbocycles. The second-order valence-corrected chi connectivity index (χ2v) is 5.87. The molecule has 136 valence electrons. The van der Waals surface area contributed by atoms with Gasteiger partial charge in [-0.2, -0.15) is 0 Å². The average molecular weight is 345 g/mol. The van der Waals surface area contributed by atoms with Crippen LogP contribution in [-0.2, 0) is 13.0 Å². The van der Waals surface area contributed by atoms with Gasteiger partial charge in [0, 0.05) is 13.1 Å². The molecule has 0 heterocycles. The Kier molecular flexibility index (Phi) is 6.95. The summed E-state index contributed by atoms with van der Waals surface area (Å²) in [4.78, 5) is 2.27. The fraction of sp³-hybridized carbons (Fsp3) is 0.400. The van der Waals surface area contributed by atoms with Crippen LogP contribution in [0.2, 0.25) is 0 Å². The van der Waals surface area contributed by atoms with Crippen molar-refractivity contribution >= 4 is 0 Å². The van der Waals surface area contributed by atoms with Crippen molar-refractivity contribution in [2.45, 2.75) is 13.0 Å². The lowest BCUT2D eigenvalue weighted by atomic mass is 10.1. The molecule has 0 saturated heterocycles. The van der Waals surface area contributed by atoms with Gasteiger partial charge in [-0.15, -0.1) is 0 Å². The standard InChI is InChI=1S/C20H27NO4/c1-21(11-10-15-6-8-17(22-2)9-7-15)14-16-12-18(23-3)20(25-5)19(13-16)24-4/h6-9,12-13H,10-11,14H2,1-5H3. The van der Waals surface area contributed by atoms with Crippen molar-refractivity contribution in [3.05, 3.63) is 47.5 Å². The van der Waals surface area contributed by atoms with Gasteiger partial charge < -0.3 is 23.8 Å². The number of ether oxygens (including phenoxy) is 4. The first-order valence-corrected chi connectivity index (χ1v) is 8.21. The molecule has 5 nitrogen and oxygen atoms in total. The zero-order chi connectivity index (χ0) is 18.2. The predicted octanol–water partition coefficient (Wildman–Crippen LogP) is 3.40. The normalized spacial score (nSPS) is 10.6. The van der Waals surface area contributed by atoms with Crippen LogP contribution >= 0.6 is 0 Å². The Labute approximate surface area is 150 Å². The van der Waals surface area contributed by atoms with Crippen LogP contribution in [0, 0.1) is 0 Å². The summed E-state index contributed by atoms with van der Waals surface area (Å²) in [5, 5.41) is 0. The van der Waals surface area contributed by atoms with Gasteiger partial charge in [-0.05, 0) is 48.9 Å². The van der Waals surface area contributed by atoms with Gasteiger partial charge in [0.15, 0.2) is 11.5 Å². The van der Waals surface area contributed by atoms with Crippen LogP contribution in [0.5, 0.6) is 23.0 Å². The number of benzene rings is 2. The molecule has 0 aromatic heterocycles. The molecular weight excluding hydrogens is 318 g/mol. The highest BCUT2D eigenvalue weighted by Gasteiger charge is 2.14. The molecular formula is C20H27NO4. The molecule has 0 fully saturated rings. The van der Waals surface area contributed by atoms with E-state index in [0.29, 0.717) is 17.2 Å². The lowest BCUT2D eigenvalue weighted by Crippen LogP contribution is -2.20. The van der Waals surface area contributed by atoms with Gasteiger partial charge in [0.25, 0.3) is 0 Å². The van der Waals surface area contributed by atoms with E-state index >= 15 is 0 Å². The van der Waals surface area contributed by atoms with Crippen molar-refractivity contribution < 1.29 is 18.9 Å². The minimum Gasteiger partial charge on any atom is -0.497 e. The Morgan fingerprint density at radius 3 is 1.84 bits per heavy atom. The molecule has 2 aromatic carbocycles. The zero-order valence-corrected chi connectivity index (χ0v) is 15.7. The van der Waals surface area contributed by atoms with Crippen molar-refractivity contribution in [2.24, 2.45) is 0 Å². The van der Waals surface area contributed by atoms with Crippen molar-refractivity contribution in [1.29, 1.82) is 0 Å². The molecule has 0 saturated carbocycles. The lowest BCUT2D eigenvalue weighted by molar-refractivity contribution is 0.314.